The van der Waals surface area contributed by atoms with Crippen LogP contribution in [0.5, 0.6) is 5.75 Å². The Hall–Kier alpha value is -1.84. The average molecular weight is 543 g/mol. The Balaban J connectivity index is 1.61. The first kappa shape index (κ1) is 23.3. The lowest BCUT2D eigenvalue weighted by Crippen LogP contribution is -2.51. The molecular formula is C22H22BrCl2N3O4. The first-order chi connectivity index (χ1) is 15.3. The SMILES string of the molecule is CN(C(=O)CN1C(=O)COc2cc(Cl)c(Cl)cc21)C(c1cccc(Br)c1)N1CCOCC1. The van der Waals surface area contributed by atoms with Gasteiger partial charge in [0.1, 0.15) is 18.5 Å². The van der Waals surface area contributed by atoms with Crippen molar-refractivity contribution in [1.29, 1.82) is 0 Å². The Morgan fingerprint density at radius 1 is 1.19 bits per heavy atom. The van der Waals surface area contributed by atoms with Crippen LogP contribution in [0.4, 0.5) is 5.69 Å². The summed E-state index contributed by atoms with van der Waals surface area (Å²) in [6.07, 6.45) is -0.298. The lowest BCUT2D eigenvalue weighted by atomic mass is 10.1. The maximum Gasteiger partial charge on any atom is 0.265 e. The van der Waals surface area contributed by atoms with Gasteiger partial charge in [0.05, 0.1) is 28.9 Å². The first-order valence-corrected chi connectivity index (χ1v) is 11.6. The van der Waals surface area contributed by atoms with Crippen molar-refractivity contribution in [2.75, 3.05) is 51.4 Å². The number of halogens is 3. The number of rotatable bonds is 5. The van der Waals surface area contributed by atoms with Gasteiger partial charge in [-0.25, -0.2) is 0 Å². The molecule has 1 unspecified atom stereocenters. The maximum absolute atomic E-state index is 13.4. The zero-order valence-electron chi connectivity index (χ0n) is 17.4. The van der Waals surface area contributed by atoms with Crippen LogP contribution in [0.3, 0.4) is 0 Å². The molecule has 2 aliphatic rings. The molecule has 0 spiro atoms. The first-order valence-electron chi connectivity index (χ1n) is 10.1. The number of fused-ring (bicyclic) bond motifs is 1. The molecule has 0 aliphatic carbocycles. The fraction of sp³-hybridized carbons (Fsp3) is 0.364. The highest BCUT2D eigenvalue weighted by Gasteiger charge is 2.33. The number of likely N-dealkylation sites (N-methyl/N-ethyl adjacent to an activating group) is 1. The Labute approximate surface area is 204 Å². The highest BCUT2D eigenvalue weighted by molar-refractivity contribution is 9.10. The number of benzene rings is 2. The monoisotopic (exact) mass is 541 g/mol. The predicted molar refractivity (Wildman–Crippen MR) is 126 cm³/mol. The Kier molecular flexibility index (Phi) is 7.27. The molecule has 0 saturated carbocycles. The van der Waals surface area contributed by atoms with Crippen molar-refractivity contribution in [2.45, 2.75) is 6.17 Å². The lowest BCUT2D eigenvalue weighted by molar-refractivity contribution is -0.138. The van der Waals surface area contributed by atoms with Crippen LogP contribution < -0.4 is 9.64 Å². The summed E-state index contributed by atoms with van der Waals surface area (Å²) in [5.74, 6) is -0.108. The minimum Gasteiger partial charge on any atom is -0.482 e. The third kappa shape index (κ3) is 4.89. The summed E-state index contributed by atoms with van der Waals surface area (Å²) in [6.45, 7) is 2.28. The molecule has 2 amide bonds. The number of ether oxygens (including phenoxy) is 2. The number of hydrogen-bond acceptors (Lipinski definition) is 5. The Morgan fingerprint density at radius 3 is 2.62 bits per heavy atom. The van der Waals surface area contributed by atoms with E-state index in [0.717, 1.165) is 10.0 Å². The smallest absolute Gasteiger partial charge is 0.265 e. The summed E-state index contributed by atoms with van der Waals surface area (Å²) < 4.78 is 11.9. The summed E-state index contributed by atoms with van der Waals surface area (Å²) in [6, 6.07) is 11.0. The number of hydrogen-bond donors (Lipinski definition) is 0. The van der Waals surface area contributed by atoms with E-state index in [4.69, 9.17) is 32.7 Å². The highest BCUT2D eigenvalue weighted by atomic mass is 79.9. The van der Waals surface area contributed by atoms with E-state index >= 15 is 0 Å². The van der Waals surface area contributed by atoms with Crippen molar-refractivity contribution in [3.63, 3.8) is 0 Å². The molecule has 2 aromatic rings. The van der Waals surface area contributed by atoms with Crippen molar-refractivity contribution in [3.05, 3.63) is 56.5 Å². The maximum atomic E-state index is 13.4. The second-order valence-corrected chi connectivity index (χ2v) is 9.31. The molecule has 0 aromatic heterocycles. The van der Waals surface area contributed by atoms with E-state index < -0.39 is 0 Å². The van der Waals surface area contributed by atoms with Crippen molar-refractivity contribution in [1.82, 2.24) is 9.80 Å². The molecule has 2 aromatic carbocycles. The fourth-order valence-electron chi connectivity index (χ4n) is 3.92. The van der Waals surface area contributed by atoms with Crippen LogP contribution in [0.25, 0.3) is 0 Å². The van der Waals surface area contributed by atoms with Gasteiger partial charge in [0.2, 0.25) is 5.91 Å². The van der Waals surface area contributed by atoms with Gasteiger partial charge in [-0.2, -0.15) is 0 Å². The lowest BCUT2D eigenvalue weighted by Gasteiger charge is -2.41. The second kappa shape index (κ2) is 9.97. The third-order valence-corrected chi connectivity index (χ3v) is 6.75. The molecule has 1 atom stereocenters. The van der Waals surface area contributed by atoms with Gasteiger partial charge in [0, 0.05) is 30.7 Å². The molecule has 7 nitrogen and oxygen atoms in total. The normalized spacial score (nSPS) is 17.5. The molecule has 32 heavy (non-hydrogen) atoms. The largest absolute Gasteiger partial charge is 0.482 e. The molecule has 0 radical (unpaired) electrons. The number of anilines is 1. The van der Waals surface area contributed by atoms with Crippen LogP contribution in [0.15, 0.2) is 40.9 Å². The highest BCUT2D eigenvalue weighted by Crippen LogP contribution is 2.39. The van der Waals surface area contributed by atoms with Gasteiger partial charge in [-0.1, -0.05) is 51.3 Å². The molecule has 1 saturated heterocycles. The topological polar surface area (TPSA) is 62.3 Å². The molecule has 2 aliphatic heterocycles. The summed E-state index contributed by atoms with van der Waals surface area (Å²) in [7, 11) is 1.75. The number of carbonyl (C=O) groups is 2. The summed E-state index contributed by atoms with van der Waals surface area (Å²) >= 11 is 15.8. The van der Waals surface area contributed by atoms with Crippen LogP contribution in [-0.2, 0) is 14.3 Å². The van der Waals surface area contributed by atoms with Crippen molar-refractivity contribution in [2.24, 2.45) is 0 Å². The van der Waals surface area contributed by atoms with Crippen LogP contribution in [0.2, 0.25) is 10.0 Å². The van der Waals surface area contributed by atoms with Gasteiger partial charge in [-0.05, 0) is 23.8 Å². The minimum absolute atomic E-state index is 0.140. The van der Waals surface area contributed by atoms with Crippen LogP contribution >= 0.6 is 39.1 Å². The van der Waals surface area contributed by atoms with E-state index in [-0.39, 0.29) is 36.2 Å². The Bertz CT molecular complexity index is 1030. The molecule has 2 heterocycles. The molecule has 0 N–H and O–H groups in total. The molecule has 170 valence electrons. The van der Waals surface area contributed by atoms with E-state index in [1.807, 2.05) is 24.3 Å². The van der Waals surface area contributed by atoms with Gasteiger partial charge in [-0.3, -0.25) is 19.4 Å². The number of nitrogens with zero attached hydrogens (tertiary/aromatic N) is 3. The summed E-state index contributed by atoms with van der Waals surface area (Å²) in [5, 5.41) is 0.611. The van der Waals surface area contributed by atoms with E-state index in [0.29, 0.717) is 42.8 Å². The van der Waals surface area contributed by atoms with Crippen molar-refractivity contribution in [3.8, 4) is 5.75 Å². The molecule has 10 heteroatoms. The van der Waals surface area contributed by atoms with E-state index in [9.17, 15) is 9.59 Å². The number of morpholine rings is 1. The Morgan fingerprint density at radius 2 is 1.91 bits per heavy atom. The molecule has 4 rings (SSSR count). The van der Waals surface area contributed by atoms with E-state index in [1.165, 1.54) is 4.90 Å². The van der Waals surface area contributed by atoms with Gasteiger partial charge in [-0.15, -0.1) is 0 Å². The number of amides is 2. The van der Waals surface area contributed by atoms with Gasteiger partial charge in [0.25, 0.3) is 5.91 Å². The van der Waals surface area contributed by atoms with Crippen LogP contribution in [0, 0.1) is 0 Å². The molecule has 0 bridgehead atoms. The van der Waals surface area contributed by atoms with E-state index in [1.54, 1.807) is 24.1 Å². The minimum atomic E-state index is -0.317. The quantitative estimate of drug-likeness (QED) is 0.572. The van der Waals surface area contributed by atoms with Gasteiger partial charge in [0.15, 0.2) is 6.61 Å². The fourth-order valence-corrected chi connectivity index (χ4v) is 4.65. The zero-order valence-corrected chi connectivity index (χ0v) is 20.5. The van der Waals surface area contributed by atoms with Crippen LogP contribution in [-0.4, -0.2) is 68.1 Å². The van der Waals surface area contributed by atoms with Gasteiger partial charge < -0.3 is 14.4 Å². The number of carbonyl (C=O) groups excluding carboxylic acids is 2. The summed E-state index contributed by atoms with van der Waals surface area (Å²) in [4.78, 5) is 31.3. The molecule has 1 fully saturated rings. The second-order valence-electron chi connectivity index (χ2n) is 7.58. The molecular weight excluding hydrogens is 521 g/mol. The van der Waals surface area contributed by atoms with Crippen molar-refractivity contribution >= 4 is 56.6 Å². The van der Waals surface area contributed by atoms with Crippen molar-refractivity contribution < 1.29 is 19.1 Å². The van der Waals surface area contributed by atoms with Crippen LogP contribution in [0.1, 0.15) is 11.7 Å². The standard InChI is InChI=1S/C22H22BrCl2N3O4/c1-26(22(27-5-7-31-8-6-27)14-3-2-4-15(23)9-14)20(29)12-28-18-10-16(24)17(25)11-19(18)32-13-21(28)30/h2-4,9-11,22H,5-8,12-13H2,1H3. The summed E-state index contributed by atoms with van der Waals surface area (Å²) in [5.41, 5.74) is 1.41. The predicted octanol–water partition coefficient (Wildman–Crippen LogP) is 3.97. The van der Waals surface area contributed by atoms with Gasteiger partial charge >= 0.3 is 0 Å². The van der Waals surface area contributed by atoms with E-state index in [2.05, 4.69) is 20.8 Å². The zero-order chi connectivity index (χ0) is 22.8. The third-order valence-electron chi connectivity index (χ3n) is 5.54. The average Bonchev–Trinajstić information content (AvgIpc) is 2.78.